The molecule has 144 valence electrons. The van der Waals surface area contributed by atoms with Crippen LogP contribution in [-0.2, 0) is 11.3 Å². The molecule has 3 aromatic rings. The molecule has 0 radical (unpaired) electrons. The van der Waals surface area contributed by atoms with E-state index in [1.165, 1.54) is 28.3 Å². The average Bonchev–Trinajstić information content (AvgIpc) is 3.43. The molecule has 1 fully saturated rings. The standard InChI is InChI=1S/C19H18N4O4S/c24-17-6-5-14(16-4-2-12-28-16)20-23(17)13-18(25)21-7-9-22(10-8-21)19(26)15-3-1-11-27-15/h1-6,11-12H,7-10,13H2. The van der Waals surface area contributed by atoms with Gasteiger partial charge in [-0.15, -0.1) is 11.3 Å². The Balaban J connectivity index is 1.39. The van der Waals surface area contributed by atoms with Gasteiger partial charge in [0.05, 0.1) is 11.1 Å². The van der Waals surface area contributed by atoms with Gasteiger partial charge in [0.1, 0.15) is 12.2 Å². The molecule has 1 saturated heterocycles. The third-order valence-corrected chi connectivity index (χ3v) is 5.47. The molecule has 0 spiro atoms. The Labute approximate surface area is 164 Å². The first-order chi connectivity index (χ1) is 13.6. The van der Waals surface area contributed by atoms with Crippen LogP contribution in [-0.4, -0.2) is 57.6 Å². The van der Waals surface area contributed by atoms with E-state index in [0.29, 0.717) is 37.6 Å². The average molecular weight is 398 g/mol. The Kier molecular flexibility index (Phi) is 5.07. The maximum Gasteiger partial charge on any atom is 0.289 e. The smallest absolute Gasteiger partial charge is 0.289 e. The van der Waals surface area contributed by atoms with Crippen LogP contribution in [0.2, 0.25) is 0 Å². The fraction of sp³-hybridized carbons (Fsp3) is 0.263. The summed E-state index contributed by atoms with van der Waals surface area (Å²) >= 11 is 1.52. The summed E-state index contributed by atoms with van der Waals surface area (Å²) in [6.45, 7) is 1.53. The third-order valence-electron chi connectivity index (χ3n) is 4.58. The van der Waals surface area contributed by atoms with Crippen LogP contribution in [0.15, 0.2) is 57.3 Å². The minimum Gasteiger partial charge on any atom is -0.459 e. The largest absolute Gasteiger partial charge is 0.459 e. The maximum atomic E-state index is 12.6. The molecular weight excluding hydrogens is 380 g/mol. The second-order valence-electron chi connectivity index (χ2n) is 6.34. The number of piperazine rings is 1. The molecule has 0 aliphatic carbocycles. The molecular formula is C19H18N4O4S. The molecule has 0 N–H and O–H groups in total. The number of carbonyl (C=O) groups is 2. The number of rotatable bonds is 4. The SMILES string of the molecule is O=C(Cn1nc(-c2cccs2)ccc1=O)N1CCN(C(=O)c2ccco2)CC1. The fourth-order valence-electron chi connectivity index (χ4n) is 3.06. The highest BCUT2D eigenvalue weighted by molar-refractivity contribution is 7.13. The Morgan fingerprint density at radius 2 is 1.82 bits per heavy atom. The zero-order valence-electron chi connectivity index (χ0n) is 15.0. The molecule has 3 aromatic heterocycles. The second kappa shape index (κ2) is 7.81. The normalized spacial score (nSPS) is 14.3. The summed E-state index contributed by atoms with van der Waals surface area (Å²) in [5.41, 5.74) is 0.344. The van der Waals surface area contributed by atoms with Crippen molar-refractivity contribution in [1.29, 1.82) is 0 Å². The summed E-state index contributed by atoms with van der Waals surface area (Å²) in [4.78, 5) is 41.3. The molecule has 2 amide bonds. The van der Waals surface area contributed by atoms with Crippen molar-refractivity contribution >= 4 is 23.2 Å². The molecule has 0 aromatic carbocycles. The van der Waals surface area contributed by atoms with Crippen LogP contribution in [0.3, 0.4) is 0 Å². The predicted octanol–water partition coefficient (Wildman–Crippen LogP) is 1.55. The first kappa shape index (κ1) is 18.2. The van der Waals surface area contributed by atoms with Crippen molar-refractivity contribution in [3.8, 4) is 10.6 Å². The van der Waals surface area contributed by atoms with E-state index in [-0.39, 0.29) is 23.9 Å². The van der Waals surface area contributed by atoms with E-state index in [1.807, 2.05) is 17.5 Å². The molecule has 9 heteroatoms. The molecule has 4 rings (SSSR count). The zero-order chi connectivity index (χ0) is 19.5. The first-order valence-electron chi connectivity index (χ1n) is 8.84. The lowest BCUT2D eigenvalue weighted by molar-refractivity contribution is -0.133. The molecule has 8 nitrogen and oxygen atoms in total. The van der Waals surface area contributed by atoms with Gasteiger partial charge in [0.25, 0.3) is 11.5 Å². The summed E-state index contributed by atoms with van der Waals surface area (Å²) in [6.07, 6.45) is 1.46. The number of nitrogens with zero attached hydrogens (tertiary/aromatic N) is 4. The number of carbonyl (C=O) groups excluding carboxylic acids is 2. The van der Waals surface area contributed by atoms with Crippen LogP contribution >= 0.6 is 11.3 Å². The fourth-order valence-corrected chi connectivity index (χ4v) is 3.75. The van der Waals surface area contributed by atoms with Crippen molar-refractivity contribution < 1.29 is 14.0 Å². The number of hydrogen-bond acceptors (Lipinski definition) is 6. The first-order valence-corrected chi connectivity index (χ1v) is 9.72. The van der Waals surface area contributed by atoms with E-state index >= 15 is 0 Å². The van der Waals surface area contributed by atoms with Gasteiger partial charge in [-0.3, -0.25) is 14.4 Å². The number of thiophene rings is 1. The highest BCUT2D eigenvalue weighted by Crippen LogP contribution is 2.21. The summed E-state index contributed by atoms with van der Waals surface area (Å²) in [5, 5.41) is 6.25. The van der Waals surface area contributed by atoms with Crippen LogP contribution in [0.4, 0.5) is 0 Å². The molecule has 0 unspecified atom stereocenters. The van der Waals surface area contributed by atoms with Gasteiger partial charge in [-0.2, -0.15) is 5.10 Å². The van der Waals surface area contributed by atoms with Gasteiger partial charge in [-0.25, -0.2) is 4.68 Å². The van der Waals surface area contributed by atoms with Crippen molar-refractivity contribution in [2.75, 3.05) is 26.2 Å². The number of hydrogen-bond donors (Lipinski definition) is 0. The van der Waals surface area contributed by atoms with E-state index in [9.17, 15) is 14.4 Å². The molecule has 1 aliphatic heterocycles. The van der Waals surface area contributed by atoms with Crippen LogP contribution in [0.1, 0.15) is 10.6 Å². The van der Waals surface area contributed by atoms with Crippen molar-refractivity contribution in [2.24, 2.45) is 0 Å². The molecule has 28 heavy (non-hydrogen) atoms. The quantitative estimate of drug-likeness (QED) is 0.665. The Bertz CT molecular complexity index is 1020. The topological polar surface area (TPSA) is 88.7 Å². The highest BCUT2D eigenvalue weighted by atomic mass is 32.1. The predicted molar refractivity (Wildman–Crippen MR) is 103 cm³/mol. The number of furan rings is 1. The van der Waals surface area contributed by atoms with Crippen LogP contribution in [0.5, 0.6) is 0 Å². The van der Waals surface area contributed by atoms with Crippen molar-refractivity contribution in [2.45, 2.75) is 6.54 Å². The summed E-state index contributed by atoms with van der Waals surface area (Å²) in [7, 11) is 0. The lowest BCUT2D eigenvalue weighted by Crippen LogP contribution is -2.51. The van der Waals surface area contributed by atoms with E-state index in [2.05, 4.69) is 5.10 Å². The summed E-state index contributed by atoms with van der Waals surface area (Å²) < 4.78 is 6.33. The van der Waals surface area contributed by atoms with Gasteiger partial charge in [0.15, 0.2) is 5.76 Å². The molecule has 0 saturated carbocycles. The van der Waals surface area contributed by atoms with Gasteiger partial charge in [-0.05, 0) is 29.6 Å². The van der Waals surface area contributed by atoms with E-state index in [0.717, 1.165) is 4.88 Å². The lowest BCUT2D eigenvalue weighted by atomic mass is 10.2. The van der Waals surface area contributed by atoms with Crippen LogP contribution < -0.4 is 5.56 Å². The van der Waals surface area contributed by atoms with E-state index < -0.39 is 0 Å². The van der Waals surface area contributed by atoms with Crippen molar-refractivity contribution in [3.63, 3.8) is 0 Å². The molecule has 0 bridgehead atoms. The second-order valence-corrected chi connectivity index (χ2v) is 7.29. The number of aromatic nitrogens is 2. The Hall–Kier alpha value is -3.20. The van der Waals surface area contributed by atoms with Crippen molar-refractivity contribution in [1.82, 2.24) is 19.6 Å². The Morgan fingerprint density at radius 1 is 1.04 bits per heavy atom. The van der Waals surface area contributed by atoms with E-state index in [1.54, 1.807) is 28.0 Å². The summed E-state index contributed by atoms with van der Waals surface area (Å²) in [6, 6.07) is 10.2. The van der Waals surface area contributed by atoms with Gasteiger partial charge < -0.3 is 14.2 Å². The highest BCUT2D eigenvalue weighted by Gasteiger charge is 2.26. The van der Waals surface area contributed by atoms with Crippen molar-refractivity contribution in [3.05, 3.63) is 64.2 Å². The third kappa shape index (κ3) is 3.74. The Morgan fingerprint density at radius 3 is 2.50 bits per heavy atom. The van der Waals surface area contributed by atoms with Gasteiger partial charge in [0, 0.05) is 32.2 Å². The van der Waals surface area contributed by atoms with E-state index in [4.69, 9.17) is 4.42 Å². The minimum absolute atomic E-state index is 0.121. The number of amides is 2. The van der Waals surface area contributed by atoms with Crippen LogP contribution in [0, 0.1) is 0 Å². The molecule has 1 aliphatic rings. The van der Waals surface area contributed by atoms with Gasteiger partial charge in [-0.1, -0.05) is 6.07 Å². The molecule has 0 atom stereocenters. The zero-order valence-corrected chi connectivity index (χ0v) is 15.8. The monoisotopic (exact) mass is 398 g/mol. The van der Waals surface area contributed by atoms with Crippen LogP contribution in [0.25, 0.3) is 10.6 Å². The minimum atomic E-state index is -0.319. The lowest BCUT2D eigenvalue weighted by Gasteiger charge is -2.34. The van der Waals surface area contributed by atoms with Gasteiger partial charge in [0.2, 0.25) is 5.91 Å². The maximum absolute atomic E-state index is 12.6. The summed E-state index contributed by atoms with van der Waals surface area (Å²) in [5.74, 6) is -0.0809. The van der Waals surface area contributed by atoms with Gasteiger partial charge >= 0.3 is 0 Å². The molecule has 4 heterocycles.